The van der Waals surface area contributed by atoms with Crippen molar-refractivity contribution in [3.8, 4) is 0 Å². The van der Waals surface area contributed by atoms with E-state index in [4.69, 9.17) is 0 Å². The molecule has 1 aromatic carbocycles. The number of rotatable bonds is 4. The van der Waals surface area contributed by atoms with Crippen LogP contribution in [0, 0.1) is 0 Å². The highest BCUT2D eigenvalue weighted by Crippen LogP contribution is 2.27. The van der Waals surface area contributed by atoms with Gasteiger partial charge in [-0.2, -0.15) is 0 Å². The molecule has 2 heteroatoms. The molecule has 0 aliphatic heterocycles. The summed E-state index contributed by atoms with van der Waals surface area (Å²) in [5.74, 6) is 0. The summed E-state index contributed by atoms with van der Waals surface area (Å²) in [6.07, 6.45) is 6.97. The van der Waals surface area contributed by atoms with Crippen molar-refractivity contribution in [2.75, 3.05) is 11.4 Å². The van der Waals surface area contributed by atoms with Crippen molar-refractivity contribution in [2.45, 2.75) is 50.4 Å². The predicted octanol–water partition coefficient (Wildman–Crippen LogP) is 4.74. The Hall–Kier alpha value is -0.500. The summed E-state index contributed by atoms with van der Waals surface area (Å²) in [6, 6.07) is 9.78. The van der Waals surface area contributed by atoms with E-state index in [1.54, 1.807) is 0 Å². The van der Waals surface area contributed by atoms with Crippen LogP contribution in [0.5, 0.6) is 0 Å². The number of nitrogens with zero attached hydrogens (tertiary/aromatic N) is 1. The van der Waals surface area contributed by atoms with Gasteiger partial charge in [-0.1, -0.05) is 47.3 Å². The molecule has 94 valence electrons. The van der Waals surface area contributed by atoms with Crippen LogP contribution in [0.2, 0.25) is 0 Å². The molecule has 0 aromatic heterocycles. The Labute approximate surface area is 113 Å². The van der Waals surface area contributed by atoms with Crippen molar-refractivity contribution in [2.24, 2.45) is 0 Å². The Kier molecular flexibility index (Phi) is 4.90. The van der Waals surface area contributed by atoms with Crippen LogP contribution < -0.4 is 4.90 Å². The number of halogens is 1. The topological polar surface area (TPSA) is 3.24 Å². The van der Waals surface area contributed by atoms with Crippen LogP contribution in [-0.2, 0) is 5.33 Å². The minimum absolute atomic E-state index is 0.767. The Morgan fingerprint density at radius 2 is 1.76 bits per heavy atom. The van der Waals surface area contributed by atoms with E-state index in [1.165, 1.54) is 43.4 Å². The van der Waals surface area contributed by atoms with E-state index in [0.29, 0.717) is 0 Å². The summed E-state index contributed by atoms with van der Waals surface area (Å²) in [7, 11) is 0. The zero-order valence-corrected chi connectivity index (χ0v) is 12.2. The largest absolute Gasteiger partial charge is 0.369 e. The number of hydrogen-bond donors (Lipinski definition) is 0. The van der Waals surface area contributed by atoms with E-state index in [2.05, 4.69) is 52.0 Å². The summed E-state index contributed by atoms with van der Waals surface area (Å²) in [6.45, 7) is 3.39. The number of alkyl halides is 1. The van der Waals surface area contributed by atoms with E-state index in [-0.39, 0.29) is 0 Å². The number of hydrogen-bond acceptors (Lipinski definition) is 1. The maximum absolute atomic E-state index is 3.50. The fourth-order valence-corrected chi connectivity index (χ4v) is 3.19. The number of benzene rings is 1. The second-order valence-electron chi connectivity index (χ2n) is 4.88. The minimum Gasteiger partial charge on any atom is -0.369 e. The van der Waals surface area contributed by atoms with Gasteiger partial charge in [-0.15, -0.1) is 0 Å². The van der Waals surface area contributed by atoms with Crippen LogP contribution in [0.4, 0.5) is 5.69 Å². The second-order valence-corrected chi connectivity index (χ2v) is 5.44. The third kappa shape index (κ3) is 3.25. The molecule has 1 nitrogen and oxygen atoms in total. The van der Waals surface area contributed by atoms with E-state index < -0.39 is 0 Å². The Morgan fingerprint density at radius 1 is 1.12 bits per heavy atom. The molecular formula is C15H22BrN. The molecule has 0 radical (unpaired) electrons. The van der Waals surface area contributed by atoms with Crippen LogP contribution in [0.1, 0.15) is 44.6 Å². The molecule has 0 unspecified atom stereocenters. The van der Waals surface area contributed by atoms with Gasteiger partial charge in [-0.05, 0) is 37.5 Å². The van der Waals surface area contributed by atoms with Gasteiger partial charge >= 0.3 is 0 Å². The molecule has 1 fully saturated rings. The highest BCUT2D eigenvalue weighted by atomic mass is 79.9. The zero-order chi connectivity index (χ0) is 12.1. The van der Waals surface area contributed by atoms with Crippen LogP contribution in [0.15, 0.2) is 24.3 Å². The van der Waals surface area contributed by atoms with Gasteiger partial charge in [0.15, 0.2) is 0 Å². The second kappa shape index (κ2) is 6.44. The van der Waals surface area contributed by atoms with Gasteiger partial charge in [0.25, 0.3) is 0 Å². The standard InChI is InChI=1S/C15H22BrN/c1-2-17(14-6-4-3-5-7-14)15-10-8-13(12-16)9-11-15/h8-11,14H,2-7,12H2,1H3. The first-order chi connectivity index (χ1) is 8.35. The first-order valence-corrected chi connectivity index (χ1v) is 7.89. The molecule has 0 saturated heterocycles. The van der Waals surface area contributed by atoms with Crippen LogP contribution in [0.3, 0.4) is 0 Å². The molecule has 0 spiro atoms. The van der Waals surface area contributed by atoms with Gasteiger partial charge in [0.2, 0.25) is 0 Å². The third-order valence-electron chi connectivity index (χ3n) is 3.78. The molecule has 17 heavy (non-hydrogen) atoms. The Morgan fingerprint density at radius 3 is 2.29 bits per heavy atom. The smallest absolute Gasteiger partial charge is 0.0368 e. The summed E-state index contributed by atoms with van der Waals surface area (Å²) in [4.78, 5) is 2.58. The van der Waals surface area contributed by atoms with Crippen LogP contribution >= 0.6 is 15.9 Å². The highest BCUT2D eigenvalue weighted by molar-refractivity contribution is 9.08. The summed E-state index contributed by atoms with van der Waals surface area (Å²) in [5.41, 5.74) is 2.75. The van der Waals surface area contributed by atoms with Gasteiger partial charge in [0.05, 0.1) is 0 Å². The van der Waals surface area contributed by atoms with Crippen LogP contribution in [0.25, 0.3) is 0 Å². The lowest BCUT2D eigenvalue weighted by Crippen LogP contribution is -2.36. The summed E-state index contributed by atoms with van der Waals surface area (Å²) >= 11 is 3.50. The molecular weight excluding hydrogens is 274 g/mol. The predicted molar refractivity (Wildman–Crippen MR) is 79.0 cm³/mol. The SMILES string of the molecule is CCN(c1ccc(CBr)cc1)C1CCCCC1. The average Bonchev–Trinajstić information content (AvgIpc) is 2.42. The number of anilines is 1. The molecule has 2 rings (SSSR count). The van der Waals surface area contributed by atoms with E-state index in [9.17, 15) is 0 Å². The zero-order valence-electron chi connectivity index (χ0n) is 10.7. The van der Waals surface area contributed by atoms with Crippen molar-refractivity contribution in [3.05, 3.63) is 29.8 Å². The maximum atomic E-state index is 3.50. The molecule has 1 aliphatic rings. The molecule has 1 aliphatic carbocycles. The molecule has 0 bridgehead atoms. The van der Waals surface area contributed by atoms with Crippen molar-refractivity contribution in [3.63, 3.8) is 0 Å². The average molecular weight is 296 g/mol. The van der Waals surface area contributed by atoms with E-state index in [1.807, 2.05) is 0 Å². The lowest BCUT2D eigenvalue weighted by atomic mass is 9.94. The van der Waals surface area contributed by atoms with Crippen molar-refractivity contribution >= 4 is 21.6 Å². The molecule has 1 saturated carbocycles. The lowest BCUT2D eigenvalue weighted by molar-refractivity contribution is 0.418. The fraction of sp³-hybridized carbons (Fsp3) is 0.600. The quantitative estimate of drug-likeness (QED) is 0.725. The first kappa shape index (κ1) is 12.9. The summed E-state index contributed by atoms with van der Waals surface area (Å²) < 4.78 is 0. The van der Waals surface area contributed by atoms with Gasteiger partial charge in [0.1, 0.15) is 0 Å². The third-order valence-corrected chi connectivity index (χ3v) is 4.43. The lowest BCUT2D eigenvalue weighted by Gasteiger charge is -2.35. The molecule has 0 N–H and O–H groups in total. The van der Waals surface area contributed by atoms with Crippen LogP contribution in [-0.4, -0.2) is 12.6 Å². The van der Waals surface area contributed by atoms with Gasteiger partial charge in [-0.25, -0.2) is 0 Å². The maximum Gasteiger partial charge on any atom is 0.0368 e. The van der Waals surface area contributed by atoms with E-state index >= 15 is 0 Å². The Balaban J connectivity index is 2.10. The Bertz CT molecular complexity index is 327. The normalized spacial score (nSPS) is 17.1. The monoisotopic (exact) mass is 295 g/mol. The van der Waals surface area contributed by atoms with Crippen molar-refractivity contribution < 1.29 is 0 Å². The summed E-state index contributed by atoms with van der Waals surface area (Å²) in [5, 5.41) is 0.947. The molecule has 0 atom stereocenters. The highest BCUT2D eigenvalue weighted by Gasteiger charge is 2.19. The van der Waals surface area contributed by atoms with Crippen molar-refractivity contribution in [1.29, 1.82) is 0 Å². The van der Waals surface area contributed by atoms with Gasteiger partial charge in [0, 0.05) is 23.6 Å². The molecule has 0 amide bonds. The molecule has 1 aromatic rings. The first-order valence-electron chi connectivity index (χ1n) is 6.76. The molecule has 0 heterocycles. The fourth-order valence-electron chi connectivity index (χ4n) is 2.82. The van der Waals surface area contributed by atoms with Crippen molar-refractivity contribution in [1.82, 2.24) is 0 Å². The van der Waals surface area contributed by atoms with E-state index in [0.717, 1.165) is 17.9 Å². The minimum atomic E-state index is 0.767. The van der Waals surface area contributed by atoms with Gasteiger partial charge < -0.3 is 4.90 Å². The van der Waals surface area contributed by atoms with Gasteiger partial charge in [-0.3, -0.25) is 0 Å².